The van der Waals surface area contributed by atoms with E-state index in [1.165, 1.54) is 12.8 Å². The highest BCUT2D eigenvalue weighted by Crippen LogP contribution is 2.42. The maximum Gasteiger partial charge on any atom is -0.0386 e. The van der Waals surface area contributed by atoms with E-state index in [0.29, 0.717) is 0 Å². The van der Waals surface area contributed by atoms with Crippen molar-refractivity contribution in [3.63, 3.8) is 0 Å². The molecule has 11 atom stereocenters. The molecule has 0 fully saturated rings. The minimum absolute atomic E-state index is 0.784. The van der Waals surface area contributed by atoms with E-state index in [9.17, 15) is 0 Å². The summed E-state index contributed by atoms with van der Waals surface area (Å²) in [5.41, 5.74) is 0. The molecule has 0 nitrogen and oxygen atoms in total. The molecule has 0 aromatic heterocycles. The minimum Gasteiger partial charge on any atom is -0.0651 e. The average Bonchev–Trinajstić information content (AvgIpc) is 2.67. The van der Waals surface area contributed by atoms with Crippen LogP contribution in [0.15, 0.2) is 0 Å². The Hall–Kier alpha value is 0. The van der Waals surface area contributed by atoms with Gasteiger partial charge in [0.2, 0.25) is 0 Å². The first-order valence-corrected chi connectivity index (χ1v) is 12.8. The average molecular weight is 395 g/mol. The number of hydrogen-bond donors (Lipinski definition) is 0. The van der Waals surface area contributed by atoms with Crippen LogP contribution in [0.5, 0.6) is 0 Å². The lowest BCUT2D eigenvalue weighted by Gasteiger charge is -2.41. The van der Waals surface area contributed by atoms with Gasteiger partial charge in [0, 0.05) is 0 Å². The second kappa shape index (κ2) is 12.6. The van der Waals surface area contributed by atoms with Crippen LogP contribution in [-0.4, -0.2) is 0 Å². The molecule has 170 valence electrons. The summed E-state index contributed by atoms with van der Waals surface area (Å²) in [6.07, 6.45) is 2.67. The van der Waals surface area contributed by atoms with E-state index < -0.39 is 0 Å². The highest BCUT2D eigenvalue weighted by molar-refractivity contribution is 4.84. The zero-order chi connectivity index (χ0) is 22.3. The first-order valence-electron chi connectivity index (χ1n) is 12.8. The predicted molar refractivity (Wildman–Crippen MR) is 131 cm³/mol. The summed E-state index contributed by atoms with van der Waals surface area (Å²) in [6, 6.07) is 0. The highest BCUT2D eigenvalue weighted by Gasteiger charge is 2.35. The molecule has 0 heteroatoms. The lowest BCUT2D eigenvalue weighted by Crippen LogP contribution is -2.35. The van der Waals surface area contributed by atoms with Crippen LogP contribution in [-0.2, 0) is 0 Å². The molecule has 0 heterocycles. The molecule has 28 heavy (non-hydrogen) atoms. The van der Waals surface area contributed by atoms with Crippen LogP contribution >= 0.6 is 0 Å². The predicted octanol–water partition coefficient (Wildman–Crippen LogP) is 9.44. The largest absolute Gasteiger partial charge is 0.0651 e. The highest BCUT2D eigenvalue weighted by atomic mass is 14.4. The third kappa shape index (κ3) is 7.68. The molecule has 0 saturated heterocycles. The van der Waals surface area contributed by atoms with Crippen LogP contribution in [0.4, 0.5) is 0 Å². The van der Waals surface area contributed by atoms with Gasteiger partial charge in [-0.15, -0.1) is 0 Å². The molecule has 0 aliphatic carbocycles. The van der Waals surface area contributed by atoms with E-state index in [2.05, 4.69) is 96.9 Å². The zero-order valence-electron chi connectivity index (χ0n) is 22.3. The summed E-state index contributed by atoms with van der Waals surface area (Å²) in [5, 5.41) is 0. The summed E-state index contributed by atoms with van der Waals surface area (Å²) in [4.78, 5) is 0. The van der Waals surface area contributed by atoms with E-state index in [4.69, 9.17) is 0 Å². The molecular weight excluding hydrogens is 336 g/mol. The van der Waals surface area contributed by atoms with E-state index >= 15 is 0 Å². The summed E-state index contributed by atoms with van der Waals surface area (Å²) in [6.45, 7) is 34.7. The van der Waals surface area contributed by atoms with Crippen molar-refractivity contribution in [1.82, 2.24) is 0 Å². The van der Waals surface area contributed by atoms with Gasteiger partial charge < -0.3 is 0 Å². The molecule has 0 amide bonds. The van der Waals surface area contributed by atoms with Crippen molar-refractivity contribution >= 4 is 0 Å². The minimum atomic E-state index is 0.784. The third-order valence-corrected chi connectivity index (χ3v) is 9.92. The van der Waals surface area contributed by atoms with Crippen LogP contribution in [0, 0.1) is 71.0 Å². The Morgan fingerprint density at radius 3 is 0.857 bits per heavy atom. The van der Waals surface area contributed by atoms with Crippen LogP contribution < -0.4 is 0 Å². The molecule has 0 aromatic carbocycles. The summed E-state index contributed by atoms with van der Waals surface area (Å²) in [7, 11) is 0. The van der Waals surface area contributed by atoms with Crippen molar-refractivity contribution in [2.45, 2.75) is 110 Å². The van der Waals surface area contributed by atoms with Crippen LogP contribution in [0.3, 0.4) is 0 Å². The Morgan fingerprint density at radius 2 is 0.607 bits per heavy atom. The monoisotopic (exact) mass is 394 g/mol. The first-order chi connectivity index (χ1) is 12.8. The van der Waals surface area contributed by atoms with Gasteiger partial charge in [-0.2, -0.15) is 0 Å². The fourth-order valence-electron chi connectivity index (χ4n) is 5.72. The van der Waals surface area contributed by atoms with Crippen molar-refractivity contribution < 1.29 is 0 Å². The SMILES string of the molecule is CCC(C)C(C)C(C)C(C)C(C)C(C)C(C)C(C)C(C)C(C)C(C)CC(C)C. The number of rotatable bonds is 13. The van der Waals surface area contributed by atoms with E-state index in [-0.39, 0.29) is 0 Å². The Balaban J connectivity index is 5.03. The molecule has 0 aromatic rings. The molecule has 11 unspecified atom stereocenters. The fraction of sp³-hybridized carbons (Fsp3) is 1.00. The van der Waals surface area contributed by atoms with Crippen molar-refractivity contribution in [3.05, 3.63) is 0 Å². The Morgan fingerprint density at radius 1 is 0.357 bits per heavy atom. The summed E-state index contributed by atoms with van der Waals surface area (Å²) < 4.78 is 0. The van der Waals surface area contributed by atoms with Crippen LogP contribution in [0.2, 0.25) is 0 Å². The van der Waals surface area contributed by atoms with Gasteiger partial charge in [0.25, 0.3) is 0 Å². The molecular formula is C28H58. The molecule has 0 aliphatic heterocycles. The Labute approximate surface area is 181 Å². The topological polar surface area (TPSA) is 0 Å². The molecule has 0 aliphatic rings. The number of hydrogen-bond acceptors (Lipinski definition) is 0. The van der Waals surface area contributed by atoms with E-state index in [0.717, 1.165) is 71.0 Å². The van der Waals surface area contributed by atoms with Crippen LogP contribution in [0.25, 0.3) is 0 Å². The van der Waals surface area contributed by atoms with Crippen LogP contribution in [0.1, 0.15) is 110 Å². The van der Waals surface area contributed by atoms with Gasteiger partial charge >= 0.3 is 0 Å². The smallest absolute Gasteiger partial charge is 0.0386 e. The fourth-order valence-corrected chi connectivity index (χ4v) is 5.72. The van der Waals surface area contributed by atoms with Gasteiger partial charge in [-0.1, -0.05) is 103 Å². The molecule has 0 N–H and O–H groups in total. The molecule has 0 bridgehead atoms. The lowest BCUT2D eigenvalue weighted by molar-refractivity contribution is 0.0724. The zero-order valence-corrected chi connectivity index (χ0v) is 22.3. The Kier molecular flexibility index (Phi) is 12.6. The van der Waals surface area contributed by atoms with Gasteiger partial charge in [-0.3, -0.25) is 0 Å². The van der Waals surface area contributed by atoms with Gasteiger partial charge in [-0.25, -0.2) is 0 Å². The first kappa shape index (κ1) is 28.0. The van der Waals surface area contributed by atoms with Crippen molar-refractivity contribution in [1.29, 1.82) is 0 Å². The summed E-state index contributed by atoms with van der Waals surface area (Å²) >= 11 is 0. The normalized spacial score (nSPS) is 24.5. The maximum atomic E-state index is 2.54. The Bertz CT molecular complexity index is 397. The quantitative estimate of drug-likeness (QED) is 0.292. The van der Waals surface area contributed by atoms with E-state index in [1.807, 2.05) is 0 Å². The van der Waals surface area contributed by atoms with Gasteiger partial charge in [-0.05, 0) is 77.4 Å². The third-order valence-electron chi connectivity index (χ3n) is 9.92. The molecule has 0 rings (SSSR count). The van der Waals surface area contributed by atoms with Crippen molar-refractivity contribution in [3.8, 4) is 0 Å². The molecule has 0 saturated carbocycles. The second-order valence-electron chi connectivity index (χ2n) is 11.7. The summed E-state index contributed by atoms with van der Waals surface area (Å²) in [5.74, 6) is 9.63. The maximum absolute atomic E-state index is 2.54. The molecule has 0 radical (unpaired) electrons. The molecule has 0 spiro atoms. The van der Waals surface area contributed by atoms with Gasteiger partial charge in [0.1, 0.15) is 0 Å². The van der Waals surface area contributed by atoms with Crippen molar-refractivity contribution in [2.75, 3.05) is 0 Å². The van der Waals surface area contributed by atoms with Gasteiger partial charge in [0.15, 0.2) is 0 Å². The standard InChI is InChI=1S/C28H58/c1-15-18(4)20(6)22(8)24(10)26(12)28(14)27(13)25(11)23(9)21(7)19(5)16-17(2)3/h17-28H,15-16H2,1-14H3. The lowest BCUT2D eigenvalue weighted by atomic mass is 9.64. The van der Waals surface area contributed by atoms with Gasteiger partial charge in [0.05, 0.1) is 0 Å². The second-order valence-corrected chi connectivity index (χ2v) is 11.7. The van der Waals surface area contributed by atoms with Crippen molar-refractivity contribution in [2.24, 2.45) is 71.0 Å². The van der Waals surface area contributed by atoms with E-state index in [1.54, 1.807) is 0 Å².